The Hall–Kier alpha value is -2.47. The lowest BCUT2D eigenvalue weighted by molar-refractivity contribution is 0.586. The fourth-order valence-corrected chi connectivity index (χ4v) is 4.71. The minimum Gasteiger partial charge on any atom is -0.308 e. The van der Waals surface area contributed by atoms with Gasteiger partial charge >= 0.3 is 0 Å². The number of halogens is 1. The van der Waals surface area contributed by atoms with E-state index >= 15 is 0 Å². The molecule has 0 spiro atoms. The molecule has 6 heteroatoms. The summed E-state index contributed by atoms with van der Waals surface area (Å²) in [7, 11) is -3.53. The van der Waals surface area contributed by atoms with Crippen LogP contribution in [0.3, 0.4) is 0 Å². The Morgan fingerprint density at radius 2 is 1.78 bits per heavy atom. The molecule has 142 valence electrons. The molecule has 3 aromatic rings. The molecule has 1 aromatic heterocycles. The first-order valence-corrected chi connectivity index (χ1v) is 10.7. The van der Waals surface area contributed by atoms with Crippen LogP contribution in [-0.4, -0.2) is 13.0 Å². The van der Waals surface area contributed by atoms with Gasteiger partial charge in [0.15, 0.2) is 9.84 Å². The number of aryl methyl sites for hydroxylation is 2. The van der Waals surface area contributed by atoms with E-state index < -0.39 is 15.7 Å². The van der Waals surface area contributed by atoms with Crippen LogP contribution < -0.4 is 5.56 Å². The fourth-order valence-electron chi connectivity index (χ4n) is 3.21. The molecule has 0 saturated heterocycles. The number of rotatable bonds is 6. The van der Waals surface area contributed by atoms with Gasteiger partial charge in [0.05, 0.1) is 17.0 Å². The topological polar surface area (TPSA) is 56.1 Å². The molecule has 0 bridgehead atoms. The third-order valence-electron chi connectivity index (χ3n) is 4.47. The van der Waals surface area contributed by atoms with E-state index in [0.717, 1.165) is 22.9 Å². The number of fused-ring (bicyclic) bond motifs is 1. The van der Waals surface area contributed by atoms with Gasteiger partial charge in [0.2, 0.25) is 0 Å². The second-order valence-corrected chi connectivity index (χ2v) is 8.91. The number of hydrogen-bond acceptors (Lipinski definition) is 3. The maximum atomic E-state index is 14.0. The SMILES string of the molecule is CCCn1c(=O)ccc2cc(CS(=O)(=O)Cc3ccc(C)cc3F)ccc21. The van der Waals surface area contributed by atoms with Crippen molar-refractivity contribution < 1.29 is 12.8 Å². The van der Waals surface area contributed by atoms with Gasteiger partial charge in [-0.25, -0.2) is 12.8 Å². The van der Waals surface area contributed by atoms with Crippen molar-refractivity contribution in [2.75, 3.05) is 0 Å². The highest BCUT2D eigenvalue weighted by molar-refractivity contribution is 7.89. The largest absolute Gasteiger partial charge is 0.308 e. The van der Waals surface area contributed by atoms with Crippen molar-refractivity contribution >= 4 is 20.7 Å². The van der Waals surface area contributed by atoms with E-state index in [4.69, 9.17) is 0 Å². The van der Waals surface area contributed by atoms with Gasteiger partial charge in [0.25, 0.3) is 5.56 Å². The molecule has 0 aliphatic carbocycles. The summed E-state index contributed by atoms with van der Waals surface area (Å²) in [6.45, 7) is 4.37. The number of benzene rings is 2. The molecular weight excluding hydrogens is 365 g/mol. The van der Waals surface area contributed by atoms with Crippen molar-refractivity contribution in [3.63, 3.8) is 0 Å². The van der Waals surface area contributed by atoms with E-state index in [-0.39, 0.29) is 22.6 Å². The van der Waals surface area contributed by atoms with Crippen LogP contribution in [0.1, 0.15) is 30.0 Å². The van der Waals surface area contributed by atoms with Crippen LogP contribution in [-0.2, 0) is 27.9 Å². The molecule has 0 fully saturated rings. The smallest absolute Gasteiger partial charge is 0.251 e. The van der Waals surface area contributed by atoms with Crippen LogP contribution >= 0.6 is 0 Å². The molecule has 0 aliphatic heterocycles. The normalized spacial score (nSPS) is 11.8. The van der Waals surface area contributed by atoms with E-state index in [1.807, 2.05) is 6.92 Å². The molecule has 27 heavy (non-hydrogen) atoms. The number of pyridine rings is 1. The molecule has 2 aromatic carbocycles. The van der Waals surface area contributed by atoms with Crippen molar-refractivity contribution in [3.05, 3.63) is 81.4 Å². The maximum absolute atomic E-state index is 14.0. The number of aromatic nitrogens is 1. The fraction of sp³-hybridized carbons (Fsp3) is 0.286. The van der Waals surface area contributed by atoms with Gasteiger partial charge in [-0.05, 0) is 54.1 Å². The molecule has 3 rings (SSSR count). The summed E-state index contributed by atoms with van der Waals surface area (Å²) < 4.78 is 40.8. The Kier molecular flexibility index (Phi) is 5.46. The Labute approximate surface area is 158 Å². The van der Waals surface area contributed by atoms with Crippen molar-refractivity contribution in [1.29, 1.82) is 0 Å². The molecule has 0 atom stereocenters. The van der Waals surface area contributed by atoms with E-state index in [2.05, 4.69) is 0 Å². The van der Waals surface area contributed by atoms with Gasteiger partial charge in [-0.15, -0.1) is 0 Å². The highest BCUT2D eigenvalue weighted by Crippen LogP contribution is 2.20. The van der Waals surface area contributed by atoms with Gasteiger partial charge < -0.3 is 4.57 Å². The molecular formula is C21H22FNO3S. The second kappa shape index (κ2) is 7.64. The number of hydrogen-bond donors (Lipinski definition) is 0. The lowest BCUT2D eigenvalue weighted by atomic mass is 10.1. The Morgan fingerprint density at radius 1 is 1.00 bits per heavy atom. The highest BCUT2D eigenvalue weighted by atomic mass is 32.2. The van der Waals surface area contributed by atoms with Crippen molar-refractivity contribution in [1.82, 2.24) is 4.57 Å². The summed E-state index contributed by atoms with van der Waals surface area (Å²) in [6, 6.07) is 13.1. The van der Waals surface area contributed by atoms with E-state index in [1.165, 1.54) is 18.2 Å². The van der Waals surface area contributed by atoms with Crippen LogP contribution in [0.25, 0.3) is 10.9 Å². The molecule has 0 saturated carbocycles. The molecule has 0 aliphatic rings. The monoisotopic (exact) mass is 387 g/mol. The summed E-state index contributed by atoms with van der Waals surface area (Å²) in [4.78, 5) is 12.0. The minimum absolute atomic E-state index is 0.0698. The number of nitrogens with zero attached hydrogens (tertiary/aromatic N) is 1. The van der Waals surface area contributed by atoms with Gasteiger partial charge in [0, 0.05) is 18.2 Å². The molecule has 0 N–H and O–H groups in total. The predicted octanol–water partition coefficient (Wildman–Crippen LogP) is 3.97. The molecule has 0 unspecified atom stereocenters. The van der Waals surface area contributed by atoms with Crippen LogP contribution in [0.15, 0.2) is 53.3 Å². The zero-order chi connectivity index (χ0) is 19.6. The van der Waals surface area contributed by atoms with E-state index in [1.54, 1.807) is 41.8 Å². The summed E-state index contributed by atoms with van der Waals surface area (Å²) >= 11 is 0. The lowest BCUT2D eigenvalue weighted by Crippen LogP contribution is -2.19. The first-order chi connectivity index (χ1) is 12.8. The summed E-state index contributed by atoms with van der Waals surface area (Å²) in [5, 5.41) is 0.817. The van der Waals surface area contributed by atoms with Crippen LogP contribution in [0.2, 0.25) is 0 Å². The standard InChI is InChI=1S/C21H22FNO3S/c1-3-10-23-20-8-5-16(12-17(20)7-9-21(23)24)13-27(25,26)14-18-6-4-15(2)11-19(18)22/h4-9,11-12H,3,10,13-14H2,1-2H3. The third kappa shape index (κ3) is 4.45. The Morgan fingerprint density at radius 3 is 2.48 bits per heavy atom. The first-order valence-electron chi connectivity index (χ1n) is 8.87. The zero-order valence-electron chi connectivity index (χ0n) is 15.4. The summed E-state index contributed by atoms with van der Waals surface area (Å²) in [5.41, 5.74) is 2.27. The lowest BCUT2D eigenvalue weighted by Gasteiger charge is -2.11. The van der Waals surface area contributed by atoms with E-state index in [0.29, 0.717) is 12.1 Å². The summed E-state index contributed by atoms with van der Waals surface area (Å²) in [6.07, 6.45) is 0.831. The van der Waals surface area contributed by atoms with Gasteiger partial charge in [-0.1, -0.05) is 25.1 Å². The second-order valence-electron chi connectivity index (χ2n) is 6.84. The first kappa shape index (κ1) is 19.3. The zero-order valence-corrected chi connectivity index (χ0v) is 16.2. The summed E-state index contributed by atoms with van der Waals surface area (Å²) in [5.74, 6) is -1.02. The Balaban J connectivity index is 1.89. The number of sulfone groups is 1. The highest BCUT2D eigenvalue weighted by Gasteiger charge is 2.16. The third-order valence-corrected chi connectivity index (χ3v) is 6.00. The van der Waals surface area contributed by atoms with Crippen molar-refractivity contribution in [2.24, 2.45) is 0 Å². The molecule has 0 amide bonds. The van der Waals surface area contributed by atoms with Gasteiger partial charge in [0.1, 0.15) is 5.82 Å². The average molecular weight is 387 g/mol. The molecule has 4 nitrogen and oxygen atoms in total. The molecule has 0 radical (unpaired) electrons. The van der Waals surface area contributed by atoms with Crippen LogP contribution in [0.5, 0.6) is 0 Å². The molecule has 1 heterocycles. The van der Waals surface area contributed by atoms with Crippen molar-refractivity contribution in [3.8, 4) is 0 Å². The quantitative estimate of drug-likeness (QED) is 0.643. The van der Waals surface area contributed by atoms with Crippen LogP contribution in [0, 0.1) is 12.7 Å². The van der Waals surface area contributed by atoms with Gasteiger partial charge in [-0.3, -0.25) is 4.79 Å². The predicted molar refractivity (Wildman–Crippen MR) is 106 cm³/mol. The average Bonchev–Trinajstić information content (AvgIpc) is 2.59. The van der Waals surface area contributed by atoms with Crippen molar-refractivity contribution in [2.45, 2.75) is 38.3 Å². The van der Waals surface area contributed by atoms with Crippen LogP contribution in [0.4, 0.5) is 4.39 Å². The minimum atomic E-state index is -3.53. The maximum Gasteiger partial charge on any atom is 0.251 e. The van der Waals surface area contributed by atoms with Gasteiger partial charge in [-0.2, -0.15) is 0 Å². The Bertz CT molecular complexity index is 1150. The van der Waals surface area contributed by atoms with E-state index in [9.17, 15) is 17.6 Å².